The molecule has 0 saturated carbocycles. The summed E-state index contributed by atoms with van der Waals surface area (Å²) in [6.07, 6.45) is 0.538. The Labute approximate surface area is 204 Å². The van der Waals surface area contributed by atoms with E-state index in [1.807, 2.05) is 17.9 Å². The number of H-pyrrole nitrogens is 1. The number of fused-ring (bicyclic) bond motifs is 3. The first-order valence-corrected chi connectivity index (χ1v) is 12.3. The Kier molecular flexibility index (Phi) is 7.41. The normalized spacial score (nSPS) is 16.0. The van der Waals surface area contributed by atoms with Crippen LogP contribution < -0.4 is 0 Å². The maximum absolute atomic E-state index is 12.9. The Hall–Kier alpha value is -2.35. The smallest absolute Gasteiger partial charge is 0.410 e. The molecule has 176 valence electrons. The van der Waals surface area contributed by atoms with Crippen LogP contribution in [0.15, 0.2) is 46.9 Å². The molecule has 0 fully saturated rings. The number of hydrogen-bond donors (Lipinski definition) is 1. The van der Waals surface area contributed by atoms with Gasteiger partial charge in [0.2, 0.25) is 0 Å². The van der Waals surface area contributed by atoms with Gasteiger partial charge in [-0.25, -0.2) is 4.79 Å². The fraction of sp³-hybridized carbons (Fsp3) is 0.423. The van der Waals surface area contributed by atoms with Gasteiger partial charge >= 0.3 is 6.09 Å². The van der Waals surface area contributed by atoms with E-state index < -0.39 is 0 Å². The van der Waals surface area contributed by atoms with E-state index in [4.69, 9.17) is 4.74 Å². The van der Waals surface area contributed by atoms with Crippen LogP contribution in [0.5, 0.6) is 0 Å². The van der Waals surface area contributed by atoms with Gasteiger partial charge in [0.1, 0.15) is 6.04 Å². The Balaban J connectivity index is 1.65. The molecular weight excluding hydrogens is 480 g/mol. The molecule has 1 amide bonds. The maximum atomic E-state index is 12.9. The number of nitrogens with zero attached hydrogens (tertiary/aromatic N) is 3. The molecule has 0 saturated heterocycles. The van der Waals surface area contributed by atoms with E-state index in [0.29, 0.717) is 13.2 Å². The van der Waals surface area contributed by atoms with Gasteiger partial charge in [0.05, 0.1) is 6.61 Å². The summed E-state index contributed by atoms with van der Waals surface area (Å²) in [6.45, 7) is 5.79. The van der Waals surface area contributed by atoms with Gasteiger partial charge in [0.25, 0.3) is 0 Å². The zero-order valence-corrected chi connectivity index (χ0v) is 21.5. The van der Waals surface area contributed by atoms with Gasteiger partial charge in [-0.1, -0.05) is 40.2 Å². The summed E-state index contributed by atoms with van der Waals surface area (Å²) >= 11 is 3.60. The van der Waals surface area contributed by atoms with E-state index in [0.717, 1.165) is 47.3 Å². The number of amides is 1. The van der Waals surface area contributed by atoms with Crippen LogP contribution in [0.1, 0.15) is 35.3 Å². The van der Waals surface area contributed by atoms with Crippen molar-refractivity contribution in [3.8, 4) is 0 Å². The number of aromatic amines is 1. The third-order valence-electron chi connectivity index (χ3n) is 6.27. The summed E-state index contributed by atoms with van der Waals surface area (Å²) < 4.78 is 6.48. The van der Waals surface area contributed by atoms with Gasteiger partial charge in [0.15, 0.2) is 0 Å². The summed E-state index contributed by atoms with van der Waals surface area (Å²) in [5.74, 6) is 0. The number of carbonyl (C=O) groups is 1. The molecule has 1 N–H and O–H groups in total. The van der Waals surface area contributed by atoms with E-state index in [1.54, 1.807) is 0 Å². The van der Waals surface area contributed by atoms with Crippen molar-refractivity contribution >= 4 is 32.9 Å². The molecule has 4 rings (SSSR count). The second-order valence-corrected chi connectivity index (χ2v) is 9.95. The van der Waals surface area contributed by atoms with Crippen LogP contribution in [-0.4, -0.2) is 73.2 Å². The average Bonchev–Trinajstić information content (AvgIpc) is 3.15. The lowest BCUT2D eigenvalue weighted by molar-refractivity contribution is 0.0932. The molecule has 33 heavy (non-hydrogen) atoms. The van der Waals surface area contributed by atoms with Crippen molar-refractivity contribution in [2.45, 2.75) is 25.9 Å². The van der Waals surface area contributed by atoms with E-state index in [-0.39, 0.29) is 12.1 Å². The highest BCUT2D eigenvalue weighted by Crippen LogP contribution is 2.39. The first-order valence-electron chi connectivity index (χ1n) is 11.5. The molecule has 1 atom stereocenters. The Bertz CT molecular complexity index is 1110. The fourth-order valence-corrected chi connectivity index (χ4v) is 4.94. The lowest BCUT2D eigenvalue weighted by atomic mass is 9.92. The minimum absolute atomic E-state index is 0.195. The monoisotopic (exact) mass is 512 g/mol. The molecule has 0 aliphatic carbocycles. The number of hydrogen-bond acceptors (Lipinski definition) is 4. The molecule has 0 radical (unpaired) electrons. The number of aromatic nitrogens is 1. The third-order valence-corrected chi connectivity index (χ3v) is 6.76. The Morgan fingerprint density at radius 3 is 2.61 bits per heavy atom. The van der Waals surface area contributed by atoms with E-state index >= 15 is 0 Å². The number of rotatable bonds is 7. The molecule has 3 aromatic rings. The van der Waals surface area contributed by atoms with E-state index in [1.165, 1.54) is 16.5 Å². The Morgan fingerprint density at radius 1 is 1.15 bits per heavy atom. The molecule has 1 unspecified atom stereocenters. The number of carbonyl (C=O) groups excluding carboxylic acids is 1. The molecule has 2 aromatic carbocycles. The zero-order valence-electron chi connectivity index (χ0n) is 19.9. The summed E-state index contributed by atoms with van der Waals surface area (Å²) in [6, 6.07) is 14.8. The maximum Gasteiger partial charge on any atom is 0.410 e. The second-order valence-electron chi connectivity index (χ2n) is 9.03. The van der Waals surface area contributed by atoms with Crippen molar-refractivity contribution in [3.63, 3.8) is 0 Å². The molecule has 6 nitrogen and oxygen atoms in total. The molecular formula is C26H33BrN4O2. The van der Waals surface area contributed by atoms with Crippen molar-refractivity contribution in [2.75, 3.05) is 47.4 Å². The van der Waals surface area contributed by atoms with Crippen molar-refractivity contribution in [1.29, 1.82) is 0 Å². The number of nitrogens with one attached hydrogen (secondary N) is 1. The fourth-order valence-electron chi connectivity index (χ4n) is 4.58. The predicted octanol–water partition coefficient (Wildman–Crippen LogP) is 5.03. The standard InChI is InChI=1S/C26H33BrN4O2/c1-5-33-26(32)31-13-12-21-22-16-20(27)10-11-23(22)28-24(21)25(31)19-8-6-18(7-9-19)17-30(4)15-14-29(2)3/h6-11,16,25,28H,5,12-15,17H2,1-4H3. The third kappa shape index (κ3) is 5.26. The van der Waals surface area contributed by atoms with Crippen LogP contribution in [0.3, 0.4) is 0 Å². The number of benzene rings is 2. The minimum Gasteiger partial charge on any atom is -0.450 e. The first kappa shape index (κ1) is 23.8. The molecule has 7 heteroatoms. The van der Waals surface area contributed by atoms with Gasteiger partial charge in [-0.15, -0.1) is 0 Å². The van der Waals surface area contributed by atoms with Crippen LogP contribution in [0.2, 0.25) is 0 Å². The summed E-state index contributed by atoms with van der Waals surface area (Å²) in [7, 11) is 6.34. The van der Waals surface area contributed by atoms with Gasteiger partial charge in [-0.05, 0) is 69.4 Å². The molecule has 1 aliphatic rings. The highest BCUT2D eigenvalue weighted by atomic mass is 79.9. The summed E-state index contributed by atoms with van der Waals surface area (Å²) in [4.78, 5) is 22.9. The van der Waals surface area contributed by atoms with Gasteiger partial charge in [0, 0.05) is 47.2 Å². The Morgan fingerprint density at radius 2 is 1.91 bits per heavy atom. The molecule has 0 spiro atoms. The van der Waals surface area contributed by atoms with Crippen LogP contribution in [0, 0.1) is 0 Å². The first-order chi connectivity index (χ1) is 15.9. The quantitative estimate of drug-likeness (QED) is 0.482. The minimum atomic E-state index is -0.263. The van der Waals surface area contributed by atoms with Crippen LogP contribution >= 0.6 is 15.9 Å². The second kappa shape index (κ2) is 10.3. The van der Waals surface area contributed by atoms with Crippen molar-refractivity contribution in [1.82, 2.24) is 19.7 Å². The SMILES string of the molecule is CCOC(=O)N1CCc2c([nH]c3ccc(Br)cc23)C1c1ccc(CN(C)CCN(C)C)cc1. The predicted molar refractivity (Wildman–Crippen MR) is 137 cm³/mol. The van der Waals surface area contributed by atoms with E-state index in [2.05, 4.69) is 88.3 Å². The lowest BCUT2D eigenvalue weighted by Gasteiger charge is -2.35. The molecule has 2 heterocycles. The van der Waals surface area contributed by atoms with Gasteiger partial charge in [-0.3, -0.25) is 4.90 Å². The van der Waals surface area contributed by atoms with Crippen LogP contribution in [-0.2, 0) is 17.7 Å². The number of ether oxygens (including phenoxy) is 1. The number of likely N-dealkylation sites (N-methyl/N-ethyl adjacent to an activating group) is 2. The average molecular weight is 513 g/mol. The lowest BCUT2D eigenvalue weighted by Crippen LogP contribution is -2.41. The topological polar surface area (TPSA) is 51.8 Å². The molecule has 1 aromatic heterocycles. The summed E-state index contributed by atoms with van der Waals surface area (Å²) in [5.41, 5.74) is 5.81. The van der Waals surface area contributed by atoms with Crippen molar-refractivity contribution in [2.24, 2.45) is 0 Å². The number of halogens is 1. The zero-order chi connectivity index (χ0) is 23.5. The van der Waals surface area contributed by atoms with Gasteiger partial charge < -0.3 is 19.5 Å². The molecule has 1 aliphatic heterocycles. The van der Waals surface area contributed by atoms with Crippen LogP contribution in [0.25, 0.3) is 10.9 Å². The summed E-state index contributed by atoms with van der Waals surface area (Å²) in [5, 5.41) is 1.21. The molecule has 0 bridgehead atoms. The highest BCUT2D eigenvalue weighted by Gasteiger charge is 2.35. The van der Waals surface area contributed by atoms with Crippen molar-refractivity contribution in [3.05, 3.63) is 69.3 Å². The van der Waals surface area contributed by atoms with E-state index in [9.17, 15) is 4.79 Å². The van der Waals surface area contributed by atoms with Gasteiger partial charge in [-0.2, -0.15) is 0 Å². The largest absolute Gasteiger partial charge is 0.450 e. The van der Waals surface area contributed by atoms with Crippen molar-refractivity contribution < 1.29 is 9.53 Å². The van der Waals surface area contributed by atoms with Crippen LogP contribution in [0.4, 0.5) is 4.79 Å². The highest BCUT2D eigenvalue weighted by molar-refractivity contribution is 9.10.